The minimum Gasteiger partial charge on any atom is -0.324 e. The first kappa shape index (κ1) is 16.7. The van der Waals surface area contributed by atoms with Crippen LogP contribution in [-0.4, -0.2) is 38.4 Å². The predicted molar refractivity (Wildman–Crippen MR) is 82.8 cm³/mol. The normalized spacial score (nSPS) is 21.0. The molecule has 2 rings (SSSR count). The highest BCUT2D eigenvalue weighted by molar-refractivity contribution is 9.10. The first-order valence-electron chi connectivity index (χ1n) is 6.15. The van der Waals surface area contributed by atoms with Crippen molar-refractivity contribution in [2.75, 3.05) is 23.4 Å². The lowest BCUT2D eigenvalue weighted by molar-refractivity contribution is -0.116. The highest BCUT2D eigenvalue weighted by Crippen LogP contribution is 2.31. The van der Waals surface area contributed by atoms with Crippen LogP contribution in [0.4, 0.5) is 10.1 Å². The van der Waals surface area contributed by atoms with Gasteiger partial charge in [-0.15, -0.1) is 0 Å². The van der Waals surface area contributed by atoms with Crippen molar-refractivity contribution in [3.05, 3.63) is 27.4 Å². The van der Waals surface area contributed by atoms with Crippen molar-refractivity contribution in [2.45, 2.75) is 12.5 Å². The van der Waals surface area contributed by atoms with Crippen LogP contribution >= 0.6 is 27.5 Å². The largest absolute Gasteiger partial charge is 0.324 e. The van der Waals surface area contributed by atoms with Gasteiger partial charge in [-0.25, -0.2) is 12.8 Å². The fourth-order valence-electron chi connectivity index (χ4n) is 2.07. The fourth-order valence-corrected chi connectivity index (χ4v) is 4.42. The molecule has 5 nitrogen and oxygen atoms in total. The van der Waals surface area contributed by atoms with Gasteiger partial charge < -0.3 is 10.6 Å². The standard InChI is InChI=1S/C12H13BrClFN2O3S/c13-9-3-7(15)4-10(14)12(9)17-11(18)5-8-6-21(19,20)2-1-16-8/h3-4,8,16H,1-2,5-6H2,(H,17,18). The van der Waals surface area contributed by atoms with Crippen LogP contribution in [0.5, 0.6) is 0 Å². The number of carbonyl (C=O) groups is 1. The molecule has 1 amide bonds. The van der Waals surface area contributed by atoms with E-state index in [1.807, 2.05) is 0 Å². The van der Waals surface area contributed by atoms with Crippen LogP contribution in [0.1, 0.15) is 6.42 Å². The van der Waals surface area contributed by atoms with Crippen molar-refractivity contribution in [3.8, 4) is 0 Å². The number of rotatable bonds is 3. The smallest absolute Gasteiger partial charge is 0.226 e. The molecule has 1 unspecified atom stereocenters. The van der Waals surface area contributed by atoms with Crippen molar-refractivity contribution in [1.82, 2.24) is 5.32 Å². The number of halogens is 3. The second-order valence-corrected chi connectivity index (χ2v) is 8.25. The van der Waals surface area contributed by atoms with Gasteiger partial charge >= 0.3 is 0 Å². The molecule has 0 aromatic heterocycles. The van der Waals surface area contributed by atoms with Crippen LogP contribution in [-0.2, 0) is 14.6 Å². The molecule has 1 atom stereocenters. The summed E-state index contributed by atoms with van der Waals surface area (Å²) in [4.78, 5) is 12.0. The van der Waals surface area contributed by atoms with Crippen LogP contribution in [0, 0.1) is 5.82 Å². The second-order valence-electron chi connectivity index (χ2n) is 4.76. The second kappa shape index (κ2) is 6.60. The van der Waals surface area contributed by atoms with Crippen molar-refractivity contribution < 1.29 is 17.6 Å². The maximum absolute atomic E-state index is 13.1. The molecule has 2 N–H and O–H groups in total. The molecule has 0 spiro atoms. The van der Waals surface area contributed by atoms with E-state index in [0.29, 0.717) is 11.0 Å². The lowest BCUT2D eigenvalue weighted by Crippen LogP contribution is -2.46. The fraction of sp³-hybridized carbons (Fsp3) is 0.417. The van der Waals surface area contributed by atoms with Crippen LogP contribution in [0.25, 0.3) is 0 Å². The van der Waals surface area contributed by atoms with Crippen molar-refractivity contribution in [2.24, 2.45) is 0 Å². The zero-order chi connectivity index (χ0) is 15.6. The minimum absolute atomic E-state index is 0.000620. The van der Waals surface area contributed by atoms with Crippen molar-refractivity contribution in [1.29, 1.82) is 0 Å². The Bertz CT molecular complexity index is 645. The Morgan fingerprint density at radius 1 is 1.52 bits per heavy atom. The van der Waals surface area contributed by atoms with E-state index in [4.69, 9.17) is 11.6 Å². The number of anilines is 1. The maximum atomic E-state index is 13.1. The molecule has 0 saturated carbocycles. The van der Waals surface area contributed by atoms with Crippen LogP contribution in [0.2, 0.25) is 5.02 Å². The summed E-state index contributed by atoms with van der Waals surface area (Å²) < 4.78 is 36.4. The van der Waals surface area contributed by atoms with Gasteiger partial charge in [-0.1, -0.05) is 11.6 Å². The first-order valence-corrected chi connectivity index (χ1v) is 9.14. The topological polar surface area (TPSA) is 75.3 Å². The lowest BCUT2D eigenvalue weighted by Gasteiger charge is -2.23. The van der Waals surface area contributed by atoms with Crippen LogP contribution < -0.4 is 10.6 Å². The zero-order valence-electron chi connectivity index (χ0n) is 10.8. The molecule has 9 heteroatoms. The van der Waals surface area contributed by atoms with Gasteiger partial charge in [0, 0.05) is 23.5 Å². The van der Waals surface area contributed by atoms with Gasteiger partial charge in [0.1, 0.15) is 5.82 Å². The maximum Gasteiger partial charge on any atom is 0.226 e. The SMILES string of the molecule is O=C(CC1CS(=O)(=O)CCN1)Nc1c(Cl)cc(F)cc1Br. The Balaban J connectivity index is 2.02. The number of amides is 1. The summed E-state index contributed by atoms with van der Waals surface area (Å²) >= 11 is 8.99. The number of hydrogen-bond donors (Lipinski definition) is 2. The van der Waals surface area contributed by atoms with Gasteiger partial charge in [0.2, 0.25) is 5.91 Å². The summed E-state index contributed by atoms with van der Waals surface area (Å²) in [5.41, 5.74) is 0.265. The molecule has 1 aromatic carbocycles. The predicted octanol–water partition coefficient (Wildman–Crippen LogP) is 1.96. The molecule has 1 aliphatic heterocycles. The van der Waals surface area contributed by atoms with Gasteiger partial charge in [-0.05, 0) is 28.1 Å². The highest BCUT2D eigenvalue weighted by atomic mass is 79.9. The summed E-state index contributed by atoms with van der Waals surface area (Å²) in [6.07, 6.45) is -0.000620. The third kappa shape index (κ3) is 4.64. The van der Waals surface area contributed by atoms with E-state index in [-0.39, 0.29) is 34.5 Å². The summed E-state index contributed by atoms with van der Waals surface area (Å²) in [6.45, 7) is 0.335. The van der Waals surface area contributed by atoms with E-state index in [0.717, 1.165) is 6.07 Å². The molecule has 1 fully saturated rings. The molecule has 0 bridgehead atoms. The third-order valence-corrected chi connectivity index (χ3v) is 5.66. The number of hydrogen-bond acceptors (Lipinski definition) is 4. The Labute approximate surface area is 135 Å². The number of nitrogens with one attached hydrogen (secondary N) is 2. The van der Waals surface area contributed by atoms with E-state index in [1.54, 1.807) is 0 Å². The monoisotopic (exact) mass is 398 g/mol. The van der Waals surface area contributed by atoms with E-state index in [9.17, 15) is 17.6 Å². The average Bonchev–Trinajstić information content (AvgIpc) is 2.32. The van der Waals surface area contributed by atoms with Crippen LogP contribution in [0.3, 0.4) is 0 Å². The van der Waals surface area contributed by atoms with Gasteiger partial charge in [-0.3, -0.25) is 4.79 Å². The van der Waals surface area contributed by atoms with Gasteiger partial charge in [0.05, 0.1) is 22.2 Å². The number of benzene rings is 1. The van der Waals surface area contributed by atoms with E-state index in [1.165, 1.54) is 6.07 Å². The first-order chi connectivity index (χ1) is 9.77. The van der Waals surface area contributed by atoms with Crippen molar-refractivity contribution in [3.63, 3.8) is 0 Å². The average molecular weight is 400 g/mol. The number of carbonyl (C=O) groups excluding carboxylic acids is 1. The molecule has 116 valence electrons. The van der Waals surface area contributed by atoms with E-state index in [2.05, 4.69) is 26.6 Å². The Hall–Kier alpha value is -0.700. The van der Waals surface area contributed by atoms with Gasteiger partial charge in [0.15, 0.2) is 9.84 Å². The quantitative estimate of drug-likeness (QED) is 0.815. The molecule has 1 aromatic rings. The minimum atomic E-state index is -3.10. The summed E-state index contributed by atoms with van der Waals surface area (Å²) in [5, 5.41) is 5.62. The molecular weight excluding hydrogens is 387 g/mol. The summed E-state index contributed by atoms with van der Waals surface area (Å²) in [6, 6.07) is 1.84. The zero-order valence-corrected chi connectivity index (χ0v) is 14.0. The molecule has 1 aliphatic rings. The van der Waals surface area contributed by atoms with Crippen molar-refractivity contribution >= 4 is 49.0 Å². The van der Waals surface area contributed by atoms with Gasteiger partial charge in [-0.2, -0.15) is 0 Å². The third-order valence-electron chi connectivity index (χ3n) is 3.00. The summed E-state index contributed by atoms with van der Waals surface area (Å²) in [7, 11) is -3.10. The molecule has 0 radical (unpaired) electrons. The highest BCUT2D eigenvalue weighted by Gasteiger charge is 2.26. The van der Waals surface area contributed by atoms with Gasteiger partial charge in [0.25, 0.3) is 0 Å². The number of sulfone groups is 1. The molecule has 1 heterocycles. The molecular formula is C12H13BrClFN2O3S. The Morgan fingerprint density at radius 2 is 2.24 bits per heavy atom. The Kier molecular flexibility index (Phi) is 5.24. The lowest BCUT2D eigenvalue weighted by atomic mass is 10.2. The Morgan fingerprint density at radius 3 is 2.86 bits per heavy atom. The molecule has 0 aliphatic carbocycles. The summed E-state index contributed by atoms with van der Waals surface area (Å²) in [5.74, 6) is -0.900. The van der Waals surface area contributed by atoms with E-state index >= 15 is 0 Å². The molecule has 1 saturated heterocycles. The van der Waals surface area contributed by atoms with Crippen LogP contribution in [0.15, 0.2) is 16.6 Å². The molecule has 21 heavy (non-hydrogen) atoms. The van der Waals surface area contributed by atoms with E-state index < -0.39 is 21.7 Å².